The molecule has 0 unspecified atom stereocenters. The SMILES string of the molecule is CC(C)Oc1cc2c(cn1)CN=C2c1ccnc(N2C[C@H](O)[C@@H](N(C)C)C2)c1. The molecule has 0 saturated carbocycles. The third kappa shape index (κ3) is 3.59. The van der Waals surface area contributed by atoms with Gasteiger partial charge in [0.25, 0.3) is 0 Å². The maximum atomic E-state index is 10.3. The van der Waals surface area contributed by atoms with E-state index in [2.05, 4.69) is 25.8 Å². The number of ether oxygens (including phenoxy) is 1. The summed E-state index contributed by atoms with van der Waals surface area (Å²) in [6, 6.07) is 6.12. The molecule has 2 aromatic rings. The first-order valence-corrected chi connectivity index (χ1v) is 9.68. The van der Waals surface area contributed by atoms with E-state index in [0.717, 1.165) is 34.8 Å². The van der Waals surface area contributed by atoms with E-state index in [9.17, 15) is 5.11 Å². The summed E-state index contributed by atoms with van der Waals surface area (Å²) < 4.78 is 5.76. The van der Waals surface area contributed by atoms with Crippen molar-refractivity contribution in [2.24, 2.45) is 4.99 Å². The molecule has 4 heterocycles. The maximum absolute atomic E-state index is 10.3. The zero-order chi connectivity index (χ0) is 19.8. The molecule has 1 N–H and O–H groups in total. The number of anilines is 1. The van der Waals surface area contributed by atoms with Crippen LogP contribution in [0.25, 0.3) is 0 Å². The Morgan fingerprint density at radius 2 is 2.04 bits per heavy atom. The van der Waals surface area contributed by atoms with Crippen LogP contribution in [0.5, 0.6) is 5.88 Å². The molecular formula is C21H27N5O2. The summed E-state index contributed by atoms with van der Waals surface area (Å²) in [4.78, 5) is 17.9. The lowest BCUT2D eigenvalue weighted by Gasteiger charge is -2.22. The molecule has 0 aliphatic carbocycles. The number of β-amino-alcohol motifs (C(OH)–C–C–N with tert-alkyl or cyclic N) is 1. The van der Waals surface area contributed by atoms with E-state index >= 15 is 0 Å². The van der Waals surface area contributed by atoms with Gasteiger partial charge in [-0.05, 0) is 40.1 Å². The van der Waals surface area contributed by atoms with Gasteiger partial charge >= 0.3 is 0 Å². The third-order valence-electron chi connectivity index (χ3n) is 5.25. The highest BCUT2D eigenvalue weighted by molar-refractivity contribution is 6.15. The molecule has 0 amide bonds. The third-order valence-corrected chi connectivity index (χ3v) is 5.25. The lowest BCUT2D eigenvalue weighted by atomic mass is 10.0. The van der Waals surface area contributed by atoms with E-state index in [4.69, 9.17) is 9.73 Å². The van der Waals surface area contributed by atoms with Crippen LogP contribution in [0, 0.1) is 0 Å². The van der Waals surface area contributed by atoms with Crippen LogP contribution >= 0.6 is 0 Å². The summed E-state index contributed by atoms with van der Waals surface area (Å²) >= 11 is 0. The van der Waals surface area contributed by atoms with Crippen molar-refractivity contribution < 1.29 is 9.84 Å². The highest BCUT2D eigenvalue weighted by atomic mass is 16.5. The normalized spacial score (nSPS) is 21.4. The van der Waals surface area contributed by atoms with E-state index in [1.807, 2.05) is 52.5 Å². The van der Waals surface area contributed by atoms with Crippen molar-refractivity contribution in [3.05, 3.63) is 47.3 Å². The average Bonchev–Trinajstić information content (AvgIpc) is 3.24. The molecule has 1 fully saturated rings. The first-order chi connectivity index (χ1) is 13.4. The summed E-state index contributed by atoms with van der Waals surface area (Å²) in [6.07, 6.45) is 3.36. The lowest BCUT2D eigenvalue weighted by Crippen LogP contribution is -2.38. The van der Waals surface area contributed by atoms with Crippen LogP contribution in [0.15, 0.2) is 35.6 Å². The molecule has 2 aliphatic heterocycles. The number of hydrogen-bond donors (Lipinski definition) is 1. The molecule has 1 saturated heterocycles. The maximum Gasteiger partial charge on any atom is 0.214 e. The second-order valence-corrected chi connectivity index (χ2v) is 7.92. The van der Waals surface area contributed by atoms with Crippen LogP contribution in [0.2, 0.25) is 0 Å². The smallest absolute Gasteiger partial charge is 0.214 e. The highest BCUT2D eigenvalue weighted by Crippen LogP contribution is 2.28. The Labute approximate surface area is 165 Å². The Bertz CT molecular complexity index is 896. The molecule has 2 aliphatic rings. The van der Waals surface area contributed by atoms with Gasteiger partial charge in [-0.2, -0.15) is 0 Å². The van der Waals surface area contributed by atoms with Crippen molar-refractivity contribution in [3.63, 3.8) is 0 Å². The Morgan fingerprint density at radius 1 is 1.21 bits per heavy atom. The van der Waals surface area contributed by atoms with Crippen LogP contribution in [-0.2, 0) is 6.54 Å². The van der Waals surface area contributed by atoms with E-state index in [-0.39, 0.29) is 18.2 Å². The minimum atomic E-state index is -0.383. The molecule has 4 rings (SSSR count). The summed E-state index contributed by atoms with van der Waals surface area (Å²) in [5.41, 5.74) is 4.14. The average molecular weight is 381 g/mol. The summed E-state index contributed by atoms with van der Waals surface area (Å²) in [5.74, 6) is 1.49. The van der Waals surface area contributed by atoms with E-state index in [1.165, 1.54) is 0 Å². The van der Waals surface area contributed by atoms with Gasteiger partial charge in [0.2, 0.25) is 5.88 Å². The van der Waals surface area contributed by atoms with Gasteiger partial charge in [0.1, 0.15) is 5.82 Å². The first-order valence-electron chi connectivity index (χ1n) is 9.68. The Kier molecular flexibility index (Phi) is 5.03. The van der Waals surface area contributed by atoms with Gasteiger partial charge < -0.3 is 19.6 Å². The number of aromatic nitrogens is 2. The number of hydrogen-bond acceptors (Lipinski definition) is 7. The fourth-order valence-corrected chi connectivity index (χ4v) is 3.82. The molecule has 7 nitrogen and oxygen atoms in total. The van der Waals surface area contributed by atoms with Gasteiger partial charge in [0.05, 0.1) is 30.5 Å². The zero-order valence-electron chi connectivity index (χ0n) is 16.8. The number of aliphatic hydroxyl groups excluding tert-OH is 1. The quantitative estimate of drug-likeness (QED) is 0.850. The van der Waals surface area contributed by atoms with Crippen molar-refractivity contribution in [2.45, 2.75) is 38.6 Å². The fourth-order valence-electron chi connectivity index (χ4n) is 3.82. The van der Waals surface area contributed by atoms with Gasteiger partial charge in [0.15, 0.2) is 0 Å². The second-order valence-electron chi connectivity index (χ2n) is 7.92. The number of rotatable bonds is 5. The van der Waals surface area contributed by atoms with Crippen LogP contribution in [-0.4, -0.2) is 71.1 Å². The monoisotopic (exact) mass is 381 g/mol. The largest absolute Gasteiger partial charge is 0.475 e. The summed E-state index contributed by atoms with van der Waals surface area (Å²) in [5, 5.41) is 10.3. The number of fused-ring (bicyclic) bond motifs is 1. The number of likely N-dealkylation sites (N-methyl/N-ethyl adjacent to an activating group) is 1. The molecule has 0 bridgehead atoms. The standard InChI is InChI=1S/C21H27N5O2/c1-13(2)28-20-8-16-15(9-23-20)10-24-21(16)14-5-6-22-19(7-14)26-11-17(25(3)4)18(27)12-26/h5-9,13,17-18,27H,10-12H2,1-4H3/t17-,18-/m0/s1. The van der Waals surface area contributed by atoms with Crippen molar-refractivity contribution in [1.29, 1.82) is 0 Å². The first kappa shape index (κ1) is 18.8. The van der Waals surface area contributed by atoms with Gasteiger partial charge in [-0.3, -0.25) is 4.99 Å². The topological polar surface area (TPSA) is 74.1 Å². The predicted octanol–water partition coefficient (Wildman–Crippen LogP) is 1.73. The van der Waals surface area contributed by atoms with Crippen molar-refractivity contribution in [2.75, 3.05) is 32.1 Å². The number of aliphatic hydroxyl groups is 1. The number of pyridine rings is 2. The van der Waals surface area contributed by atoms with Gasteiger partial charge in [-0.25, -0.2) is 9.97 Å². The van der Waals surface area contributed by atoms with E-state index < -0.39 is 0 Å². The highest BCUT2D eigenvalue weighted by Gasteiger charge is 2.33. The molecule has 0 aromatic carbocycles. The van der Waals surface area contributed by atoms with Crippen LogP contribution in [0.3, 0.4) is 0 Å². The molecule has 7 heteroatoms. The van der Waals surface area contributed by atoms with E-state index in [0.29, 0.717) is 19.0 Å². The van der Waals surface area contributed by atoms with Crippen molar-refractivity contribution in [3.8, 4) is 5.88 Å². The van der Waals surface area contributed by atoms with Crippen LogP contribution < -0.4 is 9.64 Å². The molecule has 2 aromatic heterocycles. The van der Waals surface area contributed by atoms with Gasteiger partial charge in [-0.1, -0.05) is 0 Å². The number of nitrogens with zero attached hydrogens (tertiary/aromatic N) is 5. The Balaban J connectivity index is 1.60. The van der Waals surface area contributed by atoms with Gasteiger partial charge in [-0.15, -0.1) is 0 Å². The van der Waals surface area contributed by atoms with Crippen molar-refractivity contribution >= 4 is 11.5 Å². The molecule has 2 atom stereocenters. The summed E-state index contributed by atoms with van der Waals surface area (Å²) in [6.45, 7) is 5.94. The predicted molar refractivity (Wildman–Crippen MR) is 109 cm³/mol. The molecule has 0 spiro atoms. The molecule has 28 heavy (non-hydrogen) atoms. The lowest BCUT2D eigenvalue weighted by molar-refractivity contribution is 0.114. The van der Waals surface area contributed by atoms with Crippen LogP contribution in [0.1, 0.15) is 30.5 Å². The van der Waals surface area contributed by atoms with Crippen molar-refractivity contribution in [1.82, 2.24) is 14.9 Å². The second kappa shape index (κ2) is 7.48. The molecular weight excluding hydrogens is 354 g/mol. The van der Waals surface area contributed by atoms with E-state index in [1.54, 1.807) is 0 Å². The van der Waals surface area contributed by atoms with Gasteiger partial charge in [0, 0.05) is 48.2 Å². The number of aliphatic imine (C=N–C) groups is 1. The minimum Gasteiger partial charge on any atom is -0.475 e. The Hall–Kier alpha value is -2.51. The molecule has 0 radical (unpaired) electrons. The van der Waals surface area contributed by atoms with Crippen LogP contribution in [0.4, 0.5) is 5.82 Å². The zero-order valence-corrected chi connectivity index (χ0v) is 16.8. The fraction of sp³-hybridized carbons (Fsp3) is 0.476. The minimum absolute atomic E-state index is 0.0751. The Morgan fingerprint density at radius 3 is 2.75 bits per heavy atom. The molecule has 148 valence electrons. The summed E-state index contributed by atoms with van der Waals surface area (Å²) in [7, 11) is 3.99.